The van der Waals surface area contributed by atoms with E-state index in [1.165, 1.54) is 86.9 Å². The molecule has 0 radical (unpaired) electrons. The zero-order valence-electron chi connectivity index (χ0n) is 33.1. The second-order valence-electron chi connectivity index (χ2n) is 16.0. The molecule has 0 N–H and O–H groups in total. The predicted molar refractivity (Wildman–Crippen MR) is 253 cm³/mol. The van der Waals surface area contributed by atoms with Crippen molar-refractivity contribution in [3.63, 3.8) is 0 Å². The van der Waals surface area contributed by atoms with Gasteiger partial charge in [-0.25, -0.2) is 0 Å². The molecule has 1 nitrogen and oxygen atoms in total. The van der Waals surface area contributed by atoms with Crippen molar-refractivity contribution in [2.75, 3.05) is 4.90 Å². The Bertz CT molecular complexity index is 3190. The molecule has 1 aliphatic carbocycles. The van der Waals surface area contributed by atoms with Crippen molar-refractivity contribution in [2.45, 2.75) is 19.3 Å². The topological polar surface area (TPSA) is 3.24 Å². The van der Waals surface area contributed by atoms with Gasteiger partial charge in [-0.1, -0.05) is 190 Å². The van der Waals surface area contributed by atoms with Gasteiger partial charge in [-0.05, 0) is 97.6 Å². The van der Waals surface area contributed by atoms with Crippen LogP contribution in [-0.4, -0.2) is 0 Å². The fraction of sp³-hybridized carbons (Fsp3) is 0.0526. The molecular weight excluding hydrogens is 731 g/mol. The first-order valence-electron chi connectivity index (χ1n) is 20.4. The lowest BCUT2D eigenvalue weighted by Crippen LogP contribution is -2.14. The highest BCUT2D eigenvalue weighted by molar-refractivity contribution is 7.25. The van der Waals surface area contributed by atoms with Crippen LogP contribution in [0.2, 0.25) is 0 Å². The Labute approximate surface area is 350 Å². The maximum Gasteiger partial charge on any atom is 0.0546 e. The lowest BCUT2D eigenvalue weighted by atomic mass is 9.82. The largest absolute Gasteiger partial charge is 0.310 e. The SMILES string of the molecule is CC1(C)c2ccccc2-c2c(-c3cccc(N(c4ccc5c(c4)sc4ccccc45)c4cccc(-c5ccccc5)c4-c4ccccc4-c4ccccc4)c3)cccc21. The van der Waals surface area contributed by atoms with Crippen molar-refractivity contribution in [3.05, 3.63) is 223 Å². The third-order valence-corrected chi connectivity index (χ3v) is 13.4. The van der Waals surface area contributed by atoms with Gasteiger partial charge >= 0.3 is 0 Å². The fourth-order valence-electron chi connectivity index (χ4n) is 9.53. The summed E-state index contributed by atoms with van der Waals surface area (Å²) in [6, 6.07) is 78.2. The maximum absolute atomic E-state index is 2.50. The lowest BCUT2D eigenvalue weighted by molar-refractivity contribution is 0.660. The average molecular weight is 772 g/mol. The third kappa shape index (κ3) is 5.82. The number of nitrogens with zero attached hydrogens (tertiary/aromatic N) is 1. The van der Waals surface area contributed by atoms with Crippen LogP contribution in [0.5, 0.6) is 0 Å². The van der Waals surface area contributed by atoms with Crippen LogP contribution in [0.25, 0.3) is 75.8 Å². The van der Waals surface area contributed by atoms with Gasteiger partial charge in [0.2, 0.25) is 0 Å². The van der Waals surface area contributed by atoms with Gasteiger partial charge in [0, 0.05) is 42.5 Å². The van der Waals surface area contributed by atoms with E-state index in [9.17, 15) is 0 Å². The summed E-state index contributed by atoms with van der Waals surface area (Å²) in [6.07, 6.45) is 0. The van der Waals surface area contributed by atoms with E-state index in [0.29, 0.717) is 0 Å². The van der Waals surface area contributed by atoms with Crippen molar-refractivity contribution < 1.29 is 0 Å². The Kier molecular flexibility index (Phi) is 8.43. The molecule has 2 heteroatoms. The summed E-state index contributed by atoms with van der Waals surface area (Å²) in [6.45, 7) is 4.72. The maximum atomic E-state index is 2.50. The lowest BCUT2D eigenvalue weighted by Gasteiger charge is -2.30. The first-order valence-corrected chi connectivity index (χ1v) is 21.2. The van der Waals surface area contributed by atoms with Crippen molar-refractivity contribution in [1.29, 1.82) is 0 Å². The van der Waals surface area contributed by atoms with Crippen molar-refractivity contribution in [2.24, 2.45) is 0 Å². The molecule has 0 saturated carbocycles. The molecule has 1 aliphatic rings. The molecule has 0 amide bonds. The van der Waals surface area contributed by atoms with Gasteiger partial charge in [-0.15, -0.1) is 11.3 Å². The molecule has 280 valence electrons. The highest BCUT2D eigenvalue weighted by Crippen LogP contribution is 2.53. The molecule has 0 spiro atoms. The predicted octanol–water partition coefficient (Wildman–Crippen LogP) is 16.5. The summed E-state index contributed by atoms with van der Waals surface area (Å²) in [7, 11) is 0. The molecule has 1 aromatic heterocycles. The second kappa shape index (κ2) is 14.1. The smallest absolute Gasteiger partial charge is 0.0546 e. The minimum atomic E-state index is -0.0792. The molecular formula is C57H41NS. The Morgan fingerprint density at radius 3 is 1.69 bits per heavy atom. The van der Waals surface area contributed by atoms with Crippen LogP contribution >= 0.6 is 11.3 Å². The van der Waals surface area contributed by atoms with Crippen molar-refractivity contribution in [1.82, 2.24) is 0 Å². The van der Waals surface area contributed by atoms with Gasteiger partial charge in [0.1, 0.15) is 0 Å². The normalized spacial score (nSPS) is 12.7. The highest BCUT2D eigenvalue weighted by Gasteiger charge is 2.36. The first-order chi connectivity index (χ1) is 29.0. The summed E-state index contributed by atoms with van der Waals surface area (Å²) in [5, 5.41) is 2.59. The second-order valence-corrected chi connectivity index (χ2v) is 17.1. The average Bonchev–Trinajstić information content (AvgIpc) is 3.78. The van der Waals surface area contributed by atoms with Gasteiger partial charge < -0.3 is 4.90 Å². The van der Waals surface area contributed by atoms with Crippen LogP contribution in [0.4, 0.5) is 17.1 Å². The summed E-state index contributed by atoms with van der Waals surface area (Å²) in [4.78, 5) is 2.50. The number of fused-ring (bicyclic) bond motifs is 6. The summed E-state index contributed by atoms with van der Waals surface area (Å²) in [5.41, 5.74) is 18.3. The number of hydrogen-bond donors (Lipinski definition) is 0. The summed E-state index contributed by atoms with van der Waals surface area (Å²) < 4.78 is 2.58. The summed E-state index contributed by atoms with van der Waals surface area (Å²) in [5.74, 6) is 0. The quantitative estimate of drug-likeness (QED) is 0.156. The first kappa shape index (κ1) is 35.2. The Balaban J connectivity index is 1.19. The molecule has 0 unspecified atom stereocenters. The van der Waals surface area contributed by atoms with Crippen LogP contribution in [0.3, 0.4) is 0 Å². The highest BCUT2D eigenvalue weighted by atomic mass is 32.1. The van der Waals surface area contributed by atoms with Crippen LogP contribution in [0, 0.1) is 0 Å². The van der Waals surface area contributed by atoms with Crippen molar-refractivity contribution in [3.8, 4) is 55.6 Å². The van der Waals surface area contributed by atoms with E-state index < -0.39 is 0 Å². The Hall–Kier alpha value is -7.00. The van der Waals surface area contributed by atoms with E-state index in [4.69, 9.17) is 0 Å². The molecule has 0 fully saturated rings. The Morgan fingerprint density at radius 1 is 0.356 bits per heavy atom. The van der Waals surface area contributed by atoms with E-state index in [1.54, 1.807) is 0 Å². The summed E-state index contributed by atoms with van der Waals surface area (Å²) >= 11 is 1.86. The third-order valence-electron chi connectivity index (χ3n) is 12.3. The number of thiophene rings is 1. The van der Waals surface area contributed by atoms with Crippen LogP contribution < -0.4 is 4.90 Å². The van der Waals surface area contributed by atoms with E-state index in [-0.39, 0.29) is 5.41 Å². The molecule has 0 saturated heterocycles. The van der Waals surface area contributed by atoms with Gasteiger partial charge in [0.05, 0.1) is 5.69 Å². The van der Waals surface area contributed by atoms with Gasteiger partial charge in [-0.2, -0.15) is 0 Å². The van der Waals surface area contributed by atoms with Gasteiger partial charge in [0.15, 0.2) is 0 Å². The zero-order chi connectivity index (χ0) is 39.5. The standard InChI is InChI=1S/C57H41NS/c1-57(2)50-30-13-11-27-49(50)55-45(28-16-31-51(55)57)40-22-15-23-41(36-40)58(42-34-35-47-46-25-12-14-33-53(46)59-54(47)37-42)52-32-17-29-44(39-20-7-4-8-21-39)56(52)48-26-10-9-24-43(48)38-18-5-3-6-19-38/h3-37H,1-2H3. The van der Waals surface area contributed by atoms with E-state index in [1.807, 2.05) is 11.3 Å². The van der Waals surface area contributed by atoms with Crippen LogP contribution in [-0.2, 0) is 5.41 Å². The minimum Gasteiger partial charge on any atom is -0.310 e. The molecule has 0 atom stereocenters. The monoisotopic (exact) mass is 771 g/mol. The van der Waals surface area contributed by atoms with Gasteiger partial charge in [-0.3, -0.25) is 0 Å². The molecule has 59 heavy (non-hydrogen) atoms. The molecule has 11 rings (SSSR count). The molecule has 0 aliphatic heterocycles. The fourth-order valence-corrected chi connectivity index (χ4v) is 10.7. The number of rotatable bonds is 7. The van der Waals surface area contributed by atoms with E-state index in [0.717, 1.165) is 17.1 Å². The van der Waals surface area contributed by atoms with E-state index in [2.05, 4.69) is 231 Å². The van der Waals surface area contributed by atoms with Crippen molar-refractivity contribution >= 4 is 48.6 Å². The number of benzene rings is 9. The number of anilines is 3. The minimum absolute atomic E-state index is 0.0792. The number of hydrogen-bond acceptors (Lipinski definition) is 2. The molecule has 1 heterocycles. The van der Waals surface area contributed by atoms with Crippen LogP contribution in [0.1, 0.15) is 25.0 Å². The van der Waals surface area contributed by atoms with Gasteiger partial charge in [0.25, 0.3) is 0 Å². The molecule has 0 bridgehead atoms. The molecule has 9 aromatic carbocycles. The Morgan fingerprint density at radius 2 is 0.898 bits per heavy atom. The molecule has 10 aromatic rings. The van der Waals surface area contributed by atoms with Crippen LogP contribution in [0.15, 0.2) is 212 Å². The van der Waals surface area contributed by atoms with E-state index >= 15 is 0 Å². The zero-order valence-corrected chi connectivity index (χ0v) is 33.9.